The van der Waals surface area contributed by atoms with Crippen molar-refractivity contribution in [2.75, 3.05) is 22.9 Å². The van der Waals surface area contributed by atoms with E-state index >= 15 is 0 Å². The van der Waals surface area contributed by atoms with Crippen molar-refractivity contribution < 1.29 is 18.1 Å². The Kier molecular flexibility index (Phi) is 7.49. The Labute approximate surface area is 163 Å². The third kappa shape index (κ3) is 6.10. The summed E-state index contributed by atoms with van der Waals surface area (Å²) in [5, 5.41) is 14.4. The SMILES string of the molecule is C[C@@H](C(=O)NCCSC1CCCC1)N(c1cccc([N+](=O)[O-])c1)S(C)(=O)=O. The van der Waals surface area contributed by atoms with Gasteiger partial charge in [0.1, 0.15) is 6.04 Å². The Bertz CT molecular complexity index is 779. The van der Waals surface area contributed by atoms with Gasteiger partial charge in [0.2, 0.25) is 15.9 Å². The van der Waals surface area contributed by atoms with Crippen LogP contribution >= 0.6 is 11.8 Å². The number of carbonyl (C=O) groups is 1. The molecule has 10 heteroatoms. The first-order valence-electron chi connectivity index (χ1n) is 8.83. The minimum Gasteiger partial charge on any atom is -0.353 e. The molecule has 1 aromatic carbocycles. The third-order valence-corrected chi connectivity index (χ3v) is 7.06. The van der Waals surface area contributed by atoms with E-state index in [1.165, 1.54) is 50.8 Å². The van der Waals surface area contributed by atoms with Crippen molar-refractivity contribution in [3.8, 4) is 0 Å². The number of nitrogens with zero attached hydrogens (tertiary/aromatic N) is 2. The molecule has 1 amide bonds. The van der Waals surface area contributed by atoms with Crippen LogP contribution < -0.4 is 9.62 Å². The lowest BCUT2D eigenvalue weighted by Gasteiger charge is -2.28. The molecule has 150 valence electrons. The van der Waals surface area contributed by atoms with Crippen molar-refractivity contribution >= 4 is 39.1 Å². The average Bonchev–Trinajstić information content (AvgIpc) is 3.11. The second-order valence-corrected chi connectivity index (χ2v) is 9.85. The van der Waals surface area contributed by atoms with Gasteiger partial charge in [0.15, 0.2) is 0 Å². The van der Waals surface area contributed by atoms with Gasteiger partial charge in [-0.05, 0) is 25.8 Å². The number of non-ortho nitro benzene ring substituents is 1. The molecule has 0 aromatic heterocycles. The highest BCUT2D eigenvalue weighted by molar-refractivity contribution is 7.99. The van der Waals surface area contributed by atoms with Crippen molar-refractivity contribution in [1.29, 1.82) is 0 Å². The highest BCUT2D eigenvalue weighted by Crippen LogP contribution is 2.29. The maximum absolute atomic E-state index is 12.5. The number of nitro groups is 1. The quantitative estimate of drug-likeness (QED) is 0.377. The monoisotopic (exact) mass is 415 g/mol. The molecule has 0 saturated heterocycles. The van der Waals surface area contributed by atoms with Crippen LogP contribution in [0.5, 0.6) is 0 Å². The van der Waals surface area contributed by atoms with Crippen LogP contribution in [-0.2, 0) is 14.8 Å². The molecule has 27 heavy (non-hydrogen) atoms. The summed E-state index contributed by atoms with van der Waals surface area (Å²) in [5.41, 5.74) is -0.142. The summed E-state index contributed by atoms with van der Waals surface area (Å²) in [4.78, 5) is 22.8. The van der Waals surface area contributed by atoms with Crippen LogP contribution in [0.3, 0.4) is 0 Å². The van der Waals surface area contributed by atoms with Gasteiger partial charge in [-0.2, -0.15) is 11.8 Å². The van der Waals surface area contributed by atoms with Crippen molar-refractivity contribution in [2.45, 2.75) is 43.9 Å². The molecule has 1 aromatic rings. The molecule has 1 aliphatic carbocycles. The normalized spacial score (nSPS) is 16.1. The fourth-order valence-electron chi connectivity index (χ4n) is 3.16. The maximum Gasteiger partial charge on any atom is 0.271 e. The summed E-state index contributed by atoms with van der Waals surface area (Å²) in [6, 6.07) is 4.25. The van der Waals surface area contributed by atoms with Gasteiger partial charge < -0.3 is 5.32 Å². The molecule has 1 fully saturated rings. The smallest absolute Gasteiger partial charge is 0.271 e. The summed E-state index contributed by atoms with van der Waals surface area (Å²) in [7, 11) is -3.80. The van der Waals surface area contributed by atoms with Crippen LogP contribution in [0.4, 0.5) is 11.4 Å². The topological polar surface area (TPSA) is 110 Å². The molecule has 0 bridgehead atoms. The number of hydrogen-bond donors (Lipinski definition) is 1. The number of anilines is 1. The zero-order chi connectivity index (χ0) is 20.0. The minimum atomic E-state index is -3.80. The molecular weight excluding hydrogens is 390 g/mol. The maximum atomic E-state index is 12.5. The predicted octanol–water partition coefficient (Wildman–Crippen LogP) is 2.54. The van der Waals surface area contributed by atoms with Crippen LogP contribution in [0.15, 0.2) is 24.3 Å². The summed E-state index contributed by atoms with van der Waals surface area (Å²) >= 11 is 1.83. The van der Waals surface area contributed by atoms with E-state index in [4.69, 9.17) is 0 Å². The number of carbonyl (C=O) groups excluding carboxylic acids is 1. The van der Waals surface area contributed by atoms with Crippen molar-refractivity contribution in [2.24, 2.45) is 0 Å². The van der Waals surface area contributed by atoms with E-state index in [2.05, 4.69) is 5.32 Å². The van der Waals surface area contributed by atoms with E-state index in [9.17, 15) is 23.3 Å². The molecule has 0 aliphatic heterocycles. The van der Waals surface area contributed by atoms with Gasteiger partial charge in [-0.25, -0.2) is 8.42 Å². The van der Waals surface area contributed by atoms with Gasteiger partial charge in [-0.3, -0.25) is 19.2 Å². The van der Waals surface area contributed by atoms with Crippen LogP contribution in [0.25, 0.3) is 0 Å². The van der Waals surface area contributed by atoms with Crippen LogP contribution in [0.2, 0.25) is 0 Å². The van der Waals surface area contributed by atoms with E-state index < -0.39 is 26.9 Å². The lowest BCUT2D eigenvalue weighted by molar-refractivity contribution is -0.384. The Hall–Kier alpha value is -1.81. The van der Waals surface area contributed by atoms with Crippen LogP contribution in [0.1, 0.15) is 32.6 Å². The number of benzene rings is 1. The van der Waals surface area contributed by atoms with Crippen LogP contribution in [0, 0.1) is 10.1 Å². The number of thioether (sulfide) groups is 1. The van der Waals surface area contributed by atoms with E-state index in [-0.39, 0.29) is 11.4 Å². The first kappa shape index (κ1) is 21.5. The standard InChI is InChI=1S/C17H25N3O5S2/c1-13(17(21)18-10-11-26-16-8-3-4-9-16)19(27(2,24)25)14-6-5-7-15(12-14)20(22)23/h5-7,12-13,16H,3-4,8-11H2,1-2H3,(H,18,21)/t13-/m0/s1. The zero-order valence-corrected chi connectivity index (χ0v) is 17.1. The van der Waals surface area contributed by atoms with Gasteiger partial charge in [0, 0.05) is 29.7 Å². The Balaban J connectivity index is 2.03. The van der Waals surface area contributed by atoms with Crippen molar-refractivity contribution in [3.05, 3.63) is 34.4 Å². The van der Waals surface area contributed by atoms with E-state index in [1.54, 1.807) is 0 Å². The van der Waals surface area contributed by atoms with Gasteiger partial charge in [-0.1, -0.05) is 18.9 Å². The van der Waals surface area contributed by atoms with E-state index in [1.807, 2.05) is 11.8 Å². The zero-order valence-electron chi connectivity index (χ0n) is 15.5. The number of rotatable bonds is 9. The molecule has 0 heterocycles. The number of nitrogens with one attached hydrogen (secondary N) is 1. The van der Waals surface area contributed by atoms with Crippen LogP contribution in [-0.4, -0.2) is 49.1 Å². The molecular formula is C17H25N3O5S2. The number of sulfonamides is 1. The molecule has 1 aliphatic rings. The number of amides is 1. The van der Waals surface area contributed by atoms with Gasteiger partial charge >= 0.3 is 0 Å². The molecule has 8 nitrogen and oxygen atoms in total. The molecule has 1 saturated carbocycles. The lowest BCUT2D eigenvalue weighted by atomic mass is 10.2. The predicted molar refractivity (Wildman–Crippen MR) is 108 cm³/mol. The number of nitro benzene ring substituents is 1. The molecule has 2 rings (SSSR count). The first-order chi connectivity index (χ1) is 12.7. The highest BCUT2D eigenvalue weighted by atomic mass is 32.2. The molecule has 0 spiro atoms. The van der Waals surface area contributed by atoms with Crippen molar-refractivity contribution in [1.82, 2.24) is 5.32 Å². The van der Waals surface area contributed by atoms with Gasteiger partial charge in [0.25, 0.3) is 5.69 Å². The fraction of sp³-hybridized carbons (Fsp3) is 0.588. The Morgan fingerprint density at radius 3 is 2.67 bits per heavy atom. The van der Waals surface area contributed by atoms with E-state index in [0.29, 0.717) is 11.8 Å². The Morgan fingerprint density at radius 2 is 2.07 bits per heavy atom. The lowest BCUT2D eigenvalue weighted by Crippen LogP contribution is -2.48. The molecule has 1 N–H and O–H groups in total. The summed E-state index contributed by atoms with van der Waals surface area (Å²) in [5.74, 6) is 0.345. The third-order valence-electron chi connectivity index (χ3n) is 4.44. The van der Waals surface area contributed by atoms with Crippen molar-refractivity contribution in [3.63, 3.8) is 0 Å². The average molecular weight is 416 g/mol. The van der Waals surface area contributed by atoms with Gasteiger partial charge in [0.05, 0.1) is 16.9 Å². The summed E-state index contributed by atoms with van der Waals surface area (Å²) in [6.07, 6.45) is 5.92. The highest BCUT2D eigenvalue weighted by Gasteiger charge is 2.30. The summed E-state index contributed by atoms with van der Waals surface area (Å²) in [6.45, 7) is 1.93. The fourth-order valence-corrected chi connectivity index (χ4v) is 5.54. The Morgan fingerprint density at radius 1 is 1.41 bits per heavy atom. The second kappa shape index (κ2) is 9.41. The molecule has 1 atom stereocenters. The first-order valence-corrected chi connectivity index (χ1v) is 11.7. The second-order valence-electron chi connectivity index (χ2n) is 6.58. The molecule has 0 unspecified atom stereocenters. The van der Waals surface area contributed by atoms with Gasteiger partial charge in [-0.15, -0.1) is 0 Å². The van der Waals surface area contributed by atoms with E-state index in [0.717, 1.165) is 22.4 Å². The number of hydrogen-bond acceptors (Lipinski definition) is 6. The summed E-state index contributed by atoms with van der Waals surface area (Å²) < 4.78 is 25.4. The molecule has 0 radical (unpaired) electrons. The largest absolute Gasteiger partial charge is 0.353 e. The minimum absolute atomic E-state index is 0.0923.